The van der Waals surface area contributed by atoms with Gasteiger partial charge in [-0.1, -0.05) is 6.07 Å². The standard InChI is InChI=1S/C15H11F2N5O/c1-23-12-6-5-11(21-22-12)8-7-19-15(18)20-14(8)13-9(16)3-2-4-10(13)17/h2-7H,1H3,(H2,18,19,20). The average Bonchev–Trinajstić information content (AvgIpc) is 2.55. The molecular formula is C15H11F2N5O. The zero-order valence-electron chi connectivity index (χ0n) is 12.0. The first-order valence-electron chi connectivity index (χ1n) is 6.55. The SMILES string of the molecule is COc1ccc(-c2cnc(N)nc2-c2c(F)cccc2F)nn1. The van der Waals surface area contributed by atoms with E-state index in [-0.39, 0.29) is 17.2 Å². The molecule has 0 aliphatic heterocycles. The number of anilines is 1. The van der Waals surface area contributed by atoms with Gasteiger partial charge in [-0.2, -0.15) is 0 Å². The number of nitrogens with zero attached hydrogens (tertiary/aromatic N) is 4. The van der Waals surface area contributed by atoms with Crippen molar-refractivity contribution < 1.29 is 13.5 Å². The number of rotatable bonds is 3. The third-order valence-electron chi connectivity index (χ3n) is 3.13. The van der Waals surface area contributed by atoms with E-state index in [0.29, 0.717) is 17.1 Å². The van der Waals surface area contributed by atoms with E-state index < -0.39 is 11.6 Å². The van der Waals surface area contributed by atoms with Crippen molar-refractivity contribution in [3.8, 4) is 28.4 Å². The zero-order valence-corrected chi connectivity index (χ0v) is 12.0. The molecule has 0 amide bonds. The van der Waals surface area contributed by atoms with Crippen LogP contribution < -0.4 is 10.5 Å². The van der Waals surface area contributed by atoms with Crippen molar-refractivity contribution in [3.63, 3.8) is 0 Å². The maximum atomic E-state index is 14.1. The number of methoxy groups -OCH3 is 1. The molecule has 0 bridgehead atoms. The molecule has 3 rings (SSSR count). The number of halogens is 2. The van der Waals surface area contributed by atoms with Crippen LogP contribution in [-0.4, -0.2) is 27.3 Å². The van der Waals surface area contributed by atoms with Gasteiger partial charge in [0.1, 0.15) is 11.6 Å². The second-order valence-corrected chi connectivity index (χ2v) is 4.55. The average molecular weight is 315 g/mol. The number of benzene rings is 1. The van der Waals surface area contributed by atoms with E-state index in [2.05, 4.69) is 20.2 Å². The van der Waals surface area contributed by atoms with Gasteiger partial charge >= 0.3 is 0 Å². The van der Waals surface area contributed by atoms with Crippen LogP contribution >= 0.6 is 0 Å². The third-order valence-corrected chi connectivity index (χ3v) is 3.13. The molecule has 23 heavy (non-hydrogen) atoms. The maximum Gasteiger partial charge on any atom is 0.233 e. The number of nitrogens with two attached hydrogens (primary N) is 1. The molecule has 0 aliphatic carbocycles. The van der Waals surface area contributed by atoms with E-state index in [0.717, 1.165) is 12.1 Å². The Morgan fingerprint density at radius 1 is 1.04 bits per heavy atom. The molecule has 0 radical (unpaired) electrons. The molecule has 0 fully saturated rings. The predicted octanol–water partition coefficient (Wildman–Crippen LogP) is 2.47. The first-order chi connectivity index (χ1) is 11.1. The number of nitrogen functional groups attached to an aromatic ring is 1. The molecule has 0 saturated heterocycles. The van der Waals surface area contributed by atoms with Crippen molar-refractivity contribution in [2.24, 2.45) is 0 Å². The van der Waals surface area contributed by atoms with E-state index >= 15 is 0 Å². The molecular weight excluding hydrogens is 304 g/mol. The van der Waals surface area contributed by atoms with Gasteiger partial charge < -0.3 is 10.5 Å². The zero-order chi connectivity index (χ0) is 16.4. The summed E-state index contributed by atoms with van der Waals surface area (Å²) in [5.41, 5.74) is 5.92. The Balaban J connectivity index is 2.22. The Kier molecular flexibility index (Phi) is 3.80. The summed E-state index contributed by atoms with van der Waals surface area (Å²) < 4.78 is 33.1. The molecule has 0 aliphatic rings. The lowest BCUT2D eigenvalue weighted by molar-refractivity contribution is 0.392. The predicted molar refractivity (Wildman–Crippen MR) is 79.4 cm³/mol. The van der Waals surface area contributed by atoms with Crippen molar-refractivity contribution in [1.29, 1.82) is 0 Å². The lowest BCUT2D eigenvalue weighted by atomic mass is 10.0. The third kappa shape index (κ3) is 2.78. The highest BCUT2D eigenvalue weighted by molar-refractivity contribution is 5.79. The van der Waals surface area contributed by atoms with Gasteiger partial charge in [-0.15, -0.1) is 10.2 Å². The van der Waals surface area contributed by atoms with Crippen molar-refractivity contribution in [1.82, 2.24) is 20.2 Å². The fourth-order valence-electron chi connectivity index (χ4n) is 2.07. The smallest absolute Gasteiger partial charge is 0.233 e. The Labute approximate surface area is 130 Å². The van der Waals surface area contributed by atoms with Crippen molar-refractivity contribution in [3.05, 3.63) is 48.2 Å². The van der Waals surface area contributed by atoms with Crippen LogP contribution in [0.15, 0.2) is 36.5 Å². The van der Waals surface area contributed by atoms with E-state index in [4.69, 9.17) is 10.5 Å². The molecule has 0 saturated carbocycles. The Morgan fingerprint density at radius 2 is 1.78 bits per heavy atom. The van der Waals surface area contributed by atoms with Crippen molar-refractivity contribution >= 4 is 5.95 Å². The van der Waals surface area contributed by atoms with Gasteiger partial charge in [-0.05, 0) is 18.2 Å². The van der Waals surface area contributed by atoms with Gasteiger partial charge in [0.2, 0.25) is 11.8 Å². The Morgan fingerprint density at radius 3 is 2.39 bits per heavy atom. The second-order valence-electron chi connectivity index (χ2n) is 4.55. The van der Waals surface area contributed by atoms with Crippen LogP contribution in [0.5, 0.6) is 5.88 Å². The van der Waals surface area contributed by atoms with Gasteiger partial charge in [0.25, 0.3) is 0 Å². The molecule has 1 aromatic carbocycles. The van der Waals surface area contributed by atoms with Crippen molar-refractivity contribution in [2.75, 3.05) is 12.8 Å². The van der Waals surface area contributed by atoms with Gasteiger partial charge in [-0.3, -0.25) is 0 Å². The highest BCUT2D eigenvalue weighted by Gasteiger charge is 2.19. The quantitative estimate of drug-likeness (QED) is 0.799. The number of hydrogen-bond acceptors (Lipinski definition) is 6. The Hall–Kier alpha value is -3.16. The van der Waals surface area contributed by atoms with Crippen LogP contribution in [0.3, 0.4) is 0 Å². The fourth-order valence-corrected chi connectivity index (χ4v) is 2.07. The largest absolute Gasteiger partial charge is 0.480 e. The topological polar surface area (TPSA) is 86.8 Å². The minimum Gasteiger partial charge on any atom is -0.480 e. The van der Waals surface area contributed by atoms with Crippen LogP contribution in [0, 0.1) is 11.6 Å². The molecule has 3 aromatic rings. The first kappa shape index (κ1) is 14.8. The monoisotopic (exact) mass is 315 g/mol. The normalized spacial score (nSPS) is 10.6. The van der Waals surface area contributed by atoms with Crippen LogP contribution in [0.1, 0.15) is 0 Å². The lowest BCUT2D eigenvalue weighted by Gasteiger charge is -2.10. The first-order valence-corrected chi connectivity index (χ1v) is 6.55. The van der Waals surface area contributed by atoms with Gasteiger partial charge in [-0.25, -0.2) is 18.7 Å². The van der Waals surface area contributed by atoms with Gasteiger partial charge in [0.05, 0.1) is 24.1 Å². The summed E-state index contributed by atoms with van der Waals surface area (Å²) in [5.74, 6) is -1.31. The van der Waals surface area contributed by atoms with Gasteiger partial charge in [0, 0.05) is 17.8 Å². The summed E-state index contributed by atoms with van der Waals surface area (Å²) in [5, 5.41) is 7.78. The van der Waals surface area contributed by atoms with E-state index in [9.17, 15) is 8.78 Å². The second kappa shape index (κ2) is 5.91. The fraction of sp³-hybridized carbons (Fsp3) is 0.0667. The molecule has 0 atom stereocenters. The van der Waals surface area contributed by atoms with Crippen LogP contribution in [0.4, 0.5) is 14.7 Å². The van der Waals surface area contributed by atoms with Crippen molar-refractivity contribution in [2.45, 2.75) is 0 Å². The molecule has 0 unspecified atom stereocenters. The summed E-state index contributed by atoms with van der Waals surface area (Å²) in [6.07, 6.45) is 1.35. The molecule has 8 heteroatoms. The molecule has 116 valence electrons. The molecule has 0 spiro atoms. The summed E-state index contributed by atoms with van der Waals surface area (Å²) in [6, 6.07) is 6.70. The molecule has 6 nitrogen and oxygen atoms in total. The number of ether oxygens (including phenoxy) is 1. The maximum absolute atomic E-state index is 14.1. The van der Waals surface area contributed by atoms with Crippen LogP contribution in [0.2, 0.25) is 0 Å². The van der Waals surface area contributed by atoms with E-state index in [1.165, 1.54) is 19.4 Å². The number of hydrogen-bond donors (Lipinski definition) is 1. The minimum absolute atomic E-state index is 0.00701. The van der Waals surface area contributed by atoms with E-state index in [1.54, 1.807) is 12.1 Å². The summed E-state index contributed by atoms with van der Waals surface area (Å²) >= 11 is 0. The molecule has 2 N–H and O–H groups in total. The number of aromatic nitrogens is 4. The highest BCUT2D eigenvalue weighted by atomic mass is 19.1. The highest BCUT2D eigenvalue weighted by Crippen LogP contribution is 2.32. The molecule has 2 aromatic heterocycles. The van der Waals surface area contributed by atoms with Crippen LogP contribution in [-0.2, 0) is 0 Å². The Bertz CT molecular complexity index is 835. The summed E-state index contributed by atoms with van der Waals surface area (Å²) in [4.78, 5) is 7.84. The summed E-state index contributed by atoms with van der Waals surface area (Å²) in [6.45, 7) is 0. The minimum atomic E-state index is -0.758. The van der Waals surface area contributed by atoms with Gasteiger partial charge in [0.15, 0.2) is 0 Å². The van der Waals surface area contributed by atoms with Crippen LogP contribution in [0.25, 0.3) is 22.5 Å². The summed E-state index contributed by atoms with van der Waals surface area (Å²) in [7, 11) is 1.45. The lowest BCUT2D eigenvalue weighted by Crippen LogP contribution is -2.02. The van der Waals surface area contributed by atoms with E-state index in [1.807, 2.05) is 0 Å². The molecule has 2 heterocycles.